The fraction of sp³-hybridized carbons (Fsp3) is 0.923. The Bertz CT molecular complexity index is 303. The molecule has 0 unspecified atom stereocenters. The molecule has 1 aliphatic rings. The molecular weight excluding hydrogens is 232 g/mol. The van der Waals surface area contributed by atoms with E-state index in [1.54, 1.807) is 7.11 Å². The second kappa shape index (κ2) is 5.55. The number of hydrogen-bond acceptors (Lipinski definition) is 4. The molecule has 0 aromatic rings. The topological polar surface area (TPSA) is 42.0 Å². The van der Waals surface area contributed by atoms with Crippen molar-refractivity contribution in [2.45, 2.75) is 38.9 Å². The highest BCUT2D eigenvalue weighted by Gasteiger charge is 2.53. The number of nitrogens with zero attached hydrogens (tertiary/aromatic N) is 2. The lowest BCUT2D eigenvalue weighted by molar-refractivity contribution is -0.134. The Morgan fingerprint density at radius 2 is 1.72 bits per heavy atom. The molecule has 1 saturated heterocycles. The summed E-state index contributed by atoms with van der Waals surface area (Å²) < 4.78 is 10.4. The summed E-state index contributed by atoms with van der Waals surface area (Å²) in [4.78, 5) is 16.4. The summed E-state index contributed by atoms with van der Waals surface area (Å²) in [6.45, 7) is 10.4. The van der Waals surface area contributed by atoms with Gasteiger partial charge in [-0.25, -0.2) is 0 Å². The molecule has 5 nitrogen and oxygen atoms in total. The van der Waals surface area contributed by atoms with Crippen LogP contribution in [0.1, 0.15) is 27.7 Å². The molecule has 0 aromatic heterocycles. The SMILES string of the molecule is COCCOCCN1C(=O)C(C)(C)N(C)C1(C)C. The largest absolute Gasteiger partial charge is 0.382 e. The van der Waals surface area contributed by atoms with Crippen molar-refractivity contribution in [3.63, 3.8) is 0 Å². The third-order valence-corrected chi connectivity index (χ3v) is 3.98. The van der Waals surface area contributed by atoms with Crippen LogP contribution in [0.15, 0.2) is 0 Å². The summed E-state index contributed by atoms with van der Waals surface area (Å²) >= 11 is 0. The van der Waals surface area contributed by atoms with E-state index < -0.39 is 5.54 Å². The van der Waals surface area contributed by atoms with E-state index in [1.165, 1.54) is 0 Å². The van der Waals surface area contributed by atoms with Gasteiger partial charge < -0.3 is 14.4 Å². The normalized spacial score (nSPS) is 22.8. The highest BCUT2D eigenvalue weighted by molar-refractivity contribution is 5.88. The van der Waals surface area contributed by atoms with Gasteiger partial charge >= 0.3 is 0 Å². The lowest BCUT2D eigenvalue weighted by Gasteiger charge is -2.37. The zero-order chi connectivity index (χ0) is 14.0. The summed E-state index contributed by atoms with van der Waals surface area (Å²) in [6, 6.07) is 0. The number of carbonyl (C=O) groups excluding carboxylic acids is 1. The smallest absolute Gasteiger partial charge is 0.244 e. The molecule has 1 rings (SSSR count). The van der Waals surface area contributed by atoms with Crippen LogP contribution in [-0.4, -0.2) is 67.4 Å². The van der Waals surface area contributed by atoms with Crippen LogP contribution in [0.25, 0.3) is 0 Å². The van der Waals surface area contributed by atoms with Crippen LogP contribution in [0.4, 0.5) is 0 Å². The van der Waals surface area contributed by atoms with E-state index in [9.17, 15) is 4.79 Å². The Morgan fingerprint density at radius 1 is 1.11 bits per heavy atom. The van der Waals surface area contributed by atoms with Gasteiger partial charge in [-0.2, -0.15) is 0 Å². The zero-order valence-electron chi connectivity index (χ0n) is 12.4. The first-order valence-electron chi connectivity index (χ1n) is 6.39. The molecule has 0 aliphatic carbocycles. The minimum atomic E-state index is -0.448. The van der Waals surface area contributed by atoms with E-state index in [-0.39, 0.29) is 11.6 Å². The molecular formula is C13H26N2O3. The van der Waals surface area contributed by atoms with Gasteiger partial charge in [-0.15, -0.1) is 0 Å². The minimum absolute atomic E-state index is 0.158. The van der Waals surface area contributed by atoms with Crippen LogP contribution in [-0.2, 0) is 14.3 Å². The summed E-state index contributed by atoms with van der Waals surface area (Å²) in [5.74, 6) is 0.158. The lowest BCUT2D eigenvalue weighted by atomic mass is 10.0. The molecule has 1 amide bonds. The summed E-state index contributed by atoms with van der Waals surface area (Å²) in [5.41, 5.74) is -0.721. The number of carbonyl (C=O) groups is 1. The highest BCUT2D eigenvalue weighted by atomic mass is 16.5. The molecule has 0 spiro atoms. The Morgan fingerprint density at radius 3 is 2.17 bits per heavy atom. The molecule has 0 saturated carbocycles. The van der Waals surface area contributed by atoms with Crippen LogP contribution in [0, 0.1) is 0 Å². The number of ether oxygens (including phenoxy) is 2. The van der Waals surface area contributed by atoms with Gasteiger partial charge in [0.05, 0.1) is 31.0 Å². The van der Waals surface area contributed by atoms with E-state index in [0.29, 0.717) is 26.4 Å². The van der Waals surface area contributed by atoms with Crippen LogP contribution < -0.4 is 0 Å². The second-order valence-electron chi connectivity index (χ2n) is 5.67. The van der Waals surface area contributed by atoms with E-state index in [1.807, 2.05) is 25.8 Å². The van der Waals surface area contributed by atoms with E-state index in [2.05, 4.69) is 18.7 Å². The van der Waals surface area contributed by atoms with E-state index >= 15 is 0 Å². The van der Waals surface area contributed by atoms with Gasteiger partial charge in [0.25, 0.3) is 0 Å². The maximum absolute atomic E-state index is 12.4. The first-order valence-corrected chi connectivity index (χ1v) is 6.39. The number of methoxy groups -OCH3 is 1. The summed E-state index contributed by atoms with van der Waals surface area (Å²) in [5, 5.41) is 0. The van der Waals surface area contributed by atoms with E-state index in [4.69, 9.17) is 9.47 Å². The number of rotatable bonds is 6. The molecule has 5 heteroatoms. The molecule has 1 fully saturated rings. The van der Waals surface area contributed by atoms with Gasteiger partial charge in [-0.05, 0) is 34.7 Å². The second-order valence-corrected chi connectivity index (χ2v) is 5.67. The van der Waals surface area contributed by atoms with Gasteiger partial charge in [-0.1, -0.05) is 0 Å². The maximum Gasteiger partial charge on any atom is 0.244 e. The van der Waals surface area contributed by atoms with Crippen molar-refractivity contribution < 1.29 is 14.3 Å². The van der Waals surface area contributed by atoms with E-state index in [0.717, 1.165) is 0 Å². The number of likely N-dealkylation sites (N-methyl/N-ethyl adjacent to an activating group) is 1. The van der Waals surface area contributed by atoms with Crippen molar-refractivity contribution in [1.29, 1.82) is 0 Å². The van der Waals surface area contributed by atoms with Crippen molar-refractivity contribution in [1.82, 2.24) is 9.80 Å². The zero-order valence-corrected chi connectivity index (χ0v) is 12.4. The van der Waals surface area contributed by atoms with Gasteiger partial charge in [0.1, 0.15) is 0 Å². The predicted octanol–water partition coefficient (Wildman–Crippen LogP) is 0.938. The standard InChI is InChI=1S/C13H26N2O3/c1-12(2)11(16)15(13(3,4)14(12)5)7-8-18-10-9-17-6/h7-10H2,1-6H3. The first-order chi connectivity index (χ1) is 8.26. The van der Waals surface area contributed by atoms with Crippen molar-refractivity contribution in [3.8, 4) is 0 Å². The Hall–Kier alpha value is -0.650. The minimum Gasteiger partial charge on any atom is -0.382 e. The number of hydrogen-bond donors (Lipinski definition) is 0. The fourth-order valence-corrected chi connectivity index (χ4v) is 2.36. The fourth-order valence-electron chi connectivity index (χ4n) is 2.36. The molecule has 106 valence electrons. The summed E-state index contributed by atoms with van der Waals surface area (Å²) in [6.07, 6.45) is 0. The van der Waals surface area contributed by atoms with Gasteiger partial charge in [0.15, 0.2) is 0 Å². The van der Waals surface area contributed by atoms with Crippen molar-refractivity contribution in [3.05, 3.63) is 0 Å². The molecule has 1 heterocycles. The predicted molar refractivity (Wildman–Crippen MR) is 70.3 cm³/mol. The van der Waals surface area contributed by atoms with Crippen molar-refractivity contribution >= 4 is 5.91 Å². The monoisotopic (exact) mass is 258 g/mol. The molecule has 0 bridgehead atoms. The molecule has 0 atom stereocenters. The third kappa shape index (κ3) is 2.68. The van der Waals surface area contributed by atoms with Crippen LogP contribution in [0.2, 0.25) is 0 Å². The molecule has 1 aliphatic heterocycles. The first kappa shape index (κ1) is 15.4. The van der Waals surface area contributed by atoms with Gasteiger partial charge in [0.2, 0.25) is 5.91 Å². The third-order valence-electron chi connectivity index (χ3n) is 3.98. The maximum atomic E-state index is 12.4. The Kier molecular flexibility index (Phi) is 4.75. The Labute approximate surface area is 110 Å². The van der Waals surface area contributed by atoms with Crippen LogP contribution in [0.5, 0.6) is 0 Å². The van der Waals surface area contributed by atoms with Crippen molar-refractivity contribution in [2.75, 3.05) is 40.5 Å². The van der Waals surface area contributed by atoms with Crippen molar-refractivity contribution in [2.24, 2.45) is 0 Å². The Balaban J connectivity index is 2.57. The molecule has 0 N–H and O–H groups in total. The molecule has 0 radical (unpaired) electrons. The quantitative estimate of drug-likeness (QED) is 0.665. The average Bonchev–Trinajstić information content (AvgIpc) is 2.41. The molecule has 0 aromatic carbocycles. The number of amides is 1. The lowest BCUT2D eigenvalue weighted by Crippen LogP contribution is -2.50. The molecule has 18 heavy (non-hydrogen) atoms. The highest BCUT2D eigenvalue weighted by Crippen LogP contribution is 2.36. The van der Waals surface area contributed by atoms with Crippen LogP contribution in [0.3, 0.4) is 0 Å². The van der Waals surface area contributed by atoms with Crippen LogP contribution >= 0.6 is 0 Å². The van der Waals surface area contributed by atoms with Gasteiger partial charge in [0, 0.05) is 13.7 Å². The summed E-state index contributed by atoms with van der Waals surface area (Å²) in [7, 11) is 3.64. The van der Waals surface area contributed by atoms with Gasteiger partial charge in [-0.3, -0.25) is 9.69 Å². The average molecular weight is 258 g/mol.